The molecule has 0 aliphatic rings. The Kier molecular flexibility index (Phi) is 20.8. The van der Waals surface area contributed by atoms with Gasteiger partial charge in [-0.15, -0.1) is 0 Å². The molecule has 17 heteroatoms. The van der Waals surface area contributed by atoms with Gasteiger partial charge in [0.05, 0.1) is 13.2 Å². The van der Waals surface area contributed by atoms with E-state index in [0.29, 0.717) is 48.9 Å². The van der Waals surface area contributed by atoms with Gasteiger partial charge in [0.2, 0.25) is 0 Å². The van der Waals surface area contributed by atoms with Crippen molar-refractivity contribution in [3.8, 4) is 0 Å². The Morgan fingerprint density at radius 2 is 1.26 bits per heavy atom. The highest BCUT2D eigenvalue weighted by atomic mass is 31.2. The second-order valence-corrected chi connectivity index (χ2v) is 16.8. The van der Waals surface area contributed by atoms with Crippen molar-refractivity contribution in [2.75, 3.05) is 26.4 Å². The predicted octanol–water partition coefficient (Wildman–Crippen LogP) is 6.61. The lowest BCUT2D eigenvalue weighted by molar-refractivity contribution is -0.161. The fourth-order valence-corrected chi connectivity index (χ4v) is 5.68. The molecule has 322 valence electrons. The zero-order valence-corrected chi connectivity index (χ0v) is 35.4. The second-order valence-electron chi connectivity index (χ2n) is 15.4. The summed E-state index contributed by atoms with van der Waals surface area (Å²) in [6.07, 6.45) is 1.56. The minimum absolute atomic E-state index is 0.0151. The molecule has 0 heterocycles. The Morgan fingerprint density at radius 1 is 0.690 bits per heavy atom. The molecule has 0 aromatic heterocycles. The molecular formula is C41H59N2O14P. The Balaban J connectivity index is 1.86. The van der Waals surface area contributed by atoms with Gasteiger partial charge >= 0.3 is 31.8 Å². The minimum Gasteiger partial charge on any atom is -0.462 e. The summed E-state index contributed by atoms with van der Waals surface area (Å²) >= 11 is 0. The van der Waals surface area contributed by atoms with Crippen molar-refractivity contribution in [3.63, 3.8) is 0 Å². The van der Waals surface area contributed by atoms with Crippen LogP contribution in [0.25, 0.3) is 0 Å². The first-order chi connectivity index (χ1) is 27.2. The van der Waals surface area contributed by atoms with Gasteiger partial charge < -0.3 is 34.5 Å². The van der Waals surface area contributed by atoms with Crippen molar-refractivity contribution in [2.24, 2.45) is 0 Å². The Morgan fingerprint density at radius 3 is 1.88 bits per heavy atom. The van der Waals surface area contributed by atoms with Crippen LogP contribution >= 0.6 is 7.82 Å². The number of phosphoric ester groups is 1. The van der Waals surface area contributed by atoms with Gasteiger partial charge in [0.25, 0.3) is 5.91 Å². The number of esters is 3. The molecule has 3 atom stereocenters. The van der Waals surface area contributed by atoms with E-state index in [2.05, 4.69) is 10.6 Å². The molecule has 0 saturated carbocycles. The summed E-state index contributed by atoms with van der Waals surface area (Å²) < 4.78 is 44.0. The summed E-state index contributed by atoms with van der Waals surface area (Å²) in [6.45, 7) is 9.90. The first kappa shape index (κ1) is 49.5. The summed E-state index contributed by atoms with van der Waals surface area (Å²) in [5, 5.41) is 5.07. The van der Waals surface area contributed by atoms with Crippen LogP contribution in [-0.2, 0) is 46.9 Å². The summed E-state index contributed by atoms with van der Waals surface area (Å²) in [5.41, 5.74) is -0.442. The summed E-state index contributed by atoms with van der Waals surface area (Å²) in [5.74, 6) is -2.64. The first-order valence-electron chi connectivity index (χ1n) is 19.4. The number of alkyl carbamates (subject to hydrolysis) is 1. The number of benzene rings is 2. The molecule has 0 aliphatic heterocycles. The number of ether oxygens (including phenoxy) is 4. The molecule has 0 saturated heterocycles. The number of phosphoric acid groups is 1. The van der Waals surface area contributed by atoms with E-state index in [1.54, 1.807) is 90.1 Å². The Labute approximate surface area is 340 Å². The molecule has 3 N–H and O–H groups in total. The number of amides is 2. The predicted molar refractivity (Wildman–Crippen MR) is 213 cm³/mol. The smallest absolute Gasteiger partial charge is 0.462 e. The molecule has 16 nitrogen and oxygen atoms in total. The van der Waals surface area contributed by atoms with Crippen LogP contribution in [0, 0.1) is 0 Å². The zero-order valence-electron chi connectivity index (χ0n) is 34.5. The van der Waals surface area contributed by atoms with Crippen molar-refractivity contribution in [3.05, 3.63) is 71.3 Å². The third-order valence-electron chi connectivity index (χ3n) is 7.71. The molecule has 2 aromatic carbocycles. The third kappa shape index (κ3) is 21.2. The lowest BCUT2D eigenvalue weighted by Crippen LogP contribution is -2.48. The number of carbonyl (C=O) groups is 6. The number of ketones is 1. The van der Waals surface area contributed by atoms with Crippen molar-refractivity contribution in [1.29, 1.82) is 0 Å². The number of carbonyl (C=O) groups excluding carboxylic acids is 6. The van der Waals surface area contributed by atoms with Gasteiger partial charge in [0.15, 0.2) is 17.9 Å². The van der Waals surface area contributed by atoms with E-state index < -0.39 is 75.0 Å². The normalized spacial score (nSPS) is 13.6. The minimum atomic E-state index is -4.94. The number of rotatable bonds is 24. The standard InChI is InChI=1S/C41H59N2O14P/c1-8-9-12-20-35(45)55-32(27-53-58(50,51)54-28-33(38(48)56-40(2,3)4)43-39(49)57-41(5,6)7)26-52-34(44)19-15-11-16-25-42-37(47)31-23-21-30(22-24-31)36(46)29-17-13-10-14-18-29/h10,13-14,17-18,21-24,32-33H,8-9,11-12,15-16,19-20,25-28H2,1-7H3,(H,42,47)(H,43,49)(H,50,51)/t32-,33-/m0/s1. The highest BCUT2D eigenvalue weighted by Gasteiger charge is 2.33. The van der Waals surface area contributed by atoms with Crippen LogP contribution in [0.4, 0.5) is 4.79 Å². The van der Waals surface area contributed by atoms with E-state index >= 15 is 0 Å². The number of hydrogen-bond donors (Lipinski definition) is 3. The molecule has 0 fully saturated rings. The van der Waals surface area contributed by atoms with Gasteiger partial charge in [0.1, 0.15) is 17.8 Å². The van der Waals surface area contributed by atoms with Crippen LogP contribution in [0.3, 0.4) is 0 Å². The van der Waals surface area contributed by atoms with Crippen LogP contribution < -0.4 is 10.6 Å². The maximum atomic E-state index is 12.8. The Bertz CT molecular complexity index is 1690. The van der Waals surface area contributed by atoms with Crippen LogP contribution in [0.1, 0.15) is 126 Å². The topological polar surface area (TPSA) is 219 Å². The molecule has 1 unspecified atom stereocenters. The first-order valence-corrected chi connectivity index (χ1v) is 20.8. The number of nitrogens with one attached hydrogen (secondary N) is 2. The highest BCUT2D eigenvalue weighted by Crippen LogP contribution is 2.43. The quantitative estimate of drug-likeness (QED) is 0.0333. The van der Waals surface area contributed by atoms with Crippen molar-refractivity contribution < 1.29 is 66.2 Å². The van der Waals surface area contributed by atoms with Gasteiger partial charge in [-0.2, -0.15) is 0 Å². The van der Waals surface area contributed by atoms with Gasteiger partial charge in [-0.1, -0.05) is 68.7 Å². The van der Waals surface area contributed by atoms with E-state index in [4.69, 9.17) is 28.0 Å². The fraction of sp³-hybridized carbons (Fsp3) is 0.561. The number of hydrogen-bond acceptors (Lipinski definition) is 13. The molecule has 2 aromatic rings. The lowest BCUT2D eigenvalue weighted by Gasteiger charge is -2.26. The van der Waals surface area contributed by atoms with Gasteiger partial charge in [-0.25, -0.2) is 14.2 Å². The van der Waals surface area contributed by atoms with Crippen molar-refractivity contribution in [1.82, 2.24) is 10.6 Å². The highest BCUT2D eigenvalue weighted by molar-refractivity contribution is 7.47. The van der Waals surface area contributed by atoms with E-state index in [9.17, 15) is 38.2 Å². The summed E-state index contributed by atoms with van der Waals surface area (Å²) in [7, 11) is -4.94. The SMILES string of the molecule is CCCCCC(=O)O[C@@H](COC(=O)CCCCCNC(=O)c1ccc(C(=O)c2ccccc2)cc1)COP(=O)(O)OC[C@H](NC(=O)OC(C)(C)C)C(=O)OC(C)(C)C. The average molecular weight is 835 g/mol. The Hall–Kier alpha value is -4.63. The van der Waals surface area contributed by atoms with E-state index in [1.165, 1.54) is 0 Å². The van der Waals surface area contributed by atoms with Crippen molar-refractivity contribution >= 4 is 43.5 Å². The molecule has 0 aliphatic carbocycles. The molecule has 2 rings (SSSR count). The fourth-order valence-electron chi connectivity index (χ4n) is 4.92. The maximum absolute atomic E-state index is 12.8. The lowest BCUT2D eigenvalue weighted by atomic mass is 10.0. The van der Waals surface area contributed by atoms with Gasteiger partial charge in [-0.05, 0) is 72.9 Å². The largest absolute Gasteiger partial charge is 0.472 e. The van der Waals surface area contributed by atoms with E-state index in [-0.39, 0.29) is 24.5 Å². The van der Waals surface area contributed by atoms with E-state index in [0.717, 1.165) is 12.8 Å². The second kappa shape index (κ2) is 24.3. The molecule has 0 radical (unpaired) electrons. The molecule has 0 bridgehead atoms. The maximum Gasteiger partial charge on any atom is 0.472 e. The van der Waals surface area contributed by atoms with Gasteiger partial charge in [0, 0.05) is 36.1 Å². The van der Waals surface area contributed by atoms with Crippen LogP contribution in [0.2, 0.25) is 0 Å². The van der Waals surface area contributed by atoms with E-state index in [1.807, 2.05) is 13.0 Å². The summed E-state index contributed by atoms with van der Waals surface area (Å²) in [4.78, 5) is 85.8. The molecule has 0 spiro atoms. The average Bonchev–Trinajstić information content (AvgIpc) is 3.14. The molecule has 2 amide bonds. The van der Waals surface area contributed by atoms with Crippen LogP contribution in [0.15, 0.2) is 54.6 Å². The number of unbranched alkanes of at least 4 members (excludes halogenated alkanes) is 4. The van der Waals surface area contributed by atoms with Crippen molar-refractivity contribution in [2.45, 2.75) is 123 Å². The molecule has 58 heavy (non-hydrogen) atoms. The van der Waals surface area contributed by atoms with Gasteiger partial charge in [-0.3, -0.25) is 28.2 Å². The molecular weight excluding hydrogens is 775 g/mol. The monoisotopic (exact) mass is 834 g/mol. The zero-order chi connectivity index (χ0) is 43.4. The summed E-state index contributed by atoms with van der Waals surface area (Å²) in [6, 6.07) is 13.7. The third-order valence-corrected chi connectivity index (χ3v) is 8.66. The van der Waals surface area contributed by atoms with Crippen LogP contribution in [0.5, 0.6) is 0 Å². The van der Waals surface area contributed by atoms with Crippen LogP contribution in [-0.4, -0.2) is 90.3 Å².